The number of nitrogens with zero attached hydrogens (tertiary/aromatic N) is 2. The lowest BCUT2D eigenvalue weighted by molar-refractivity contribution is 0.590. The molecule has 3 heterocycles. The molecule has 0 aliphatic rings. The Morgan fingerprint density at radius 3 is 2.18 bits per heavy atom. The molecule has 0 atom stereocenters. The Kier molecular flexibility index (Phi) is 4.63. The highest BCUT2D eigenvalue weighted by atomic mass is 35.5. The Balaban J connectivity index is 1.68. The summed E-state index contributed by atoms with van der Waals surface area (Å²) in [4.78, 5) is 0.273. The third-order valence-electron chi connectivity index (χ3n) is 6.50. The maximum Gasteiger partial charge on any atom is 0.268 e. The van der Waals surface area contributed by atoms with Crippen LogP contribution in [0.25, 0.3) is 38.4 Å². The van der Waals surface area contributed by atoms with Gasteiger partial charge in [0.15, 0.2) is 0 Å². The van der Waals surface area contributed by atoms with Crippen molar-refractivity contribution in [3.05, 3.63) is 107 Å². The summed E-state index contributed by atoms with van der Waals surface area (Å²) in [7, 11) is -3.80. The molecule has 3 aromatic heterocycles. The fraction of sp³-hybridized carbons (Fsp3) is 0.0714. The van der Waals surface area contributed by atoms with E-state index < -0.39 is 10.0 Å². The Morgan fingerprint density at radius 1 is 0.735 bits per heavy atom. The summed E-state index contributed by atoms with van der Waals surface area (Å²) in [6.45, 7) is 4.01. The zero-order chi connectivity index (χ0) is 23.6. The van der Waals surface area contributed by atoms with Gasteiger partial charge in [0.1, 0.15) is 0 Å². The third kappa shape index (κ3) is 3.08. The molecule has 0 N–H and O–H groups in total. The lowest BCUT2D eigenvalue weighted by atomic mass is 10.0. The number of benzene rings is 3. The van der Waals surface area contributed by atoms with Gasteiger partial charge in [-0.05, 0) is 61.4 Å². The third-order valence-corrected chi connectivity index (χ3v) is 8.49. The zero-order valence-electron chi connectivity index (χ0n) is 18.7. The van der Waals surface area contributed by atoms with Crippen molar-refractivity contribution in [2.24, 2.45) is 0 Å². The van der Waals surface area contributed by atoms with E-state index in [1.807, 2.05) is 79.9 Å². The van der Waals surface area contributed by atoms with Crippen molar-refractivity contribution in [2.75, 3.05) is 0 Å². The average Bonchev–Trinajstić information content (AvgIpc) is 3.33. The number of hydrogen-bond acceptors (Lipinski definition) is 2. The molecule has 0 radical (unpaired) electrons. The highest BCUT2D eigenvalue weighted by molar-refractivity contribution is 7.90. The first-order chi connectivity index (χ1) is 16.3. The summed E-state index contributed by atoms with van der Waals surface area (Å²) >= 11 is 6.08. The minimum Gasteiger partial charge on any atom is -0.322 e. The second-order valence-electron chi connectivity index (χ2n) is 8.64. The van der Waals surface area contributed by atoms with Crippen LogP contribution < -0.4 is 0 Å². The molecular formula is C28H21ClN2O2S. The van der Waals surface area contributed by atoms with Crippen molar-refractivity contribution in [3.8, 4) is 11.1 Å². The van der Waals surface area contributed by atoms with E-state index in [9.17, 15) is 8.42 Å². The van der Waals surface area contributed by atoms with E-state index in [0.717, 1.165) is 38.5 Å². The van der Waals surface area contributed by atoms with E-state index in [2.05, 4.69) is 17.5 Å². The molecule has 0 spiro atoms. The number of aryl methyl sites for hydroxylation is 2. The highest BCUT2D eigenvalue weighted by Crippen LogP contribution is 2.36. The summed E-state index contributed by atoms with van der Waals surface area (Å²) in [5.74, 6) is 0. The summed E-state index contributed by atoms with van der Waals surface area (Å²) in [6, 6.07) is 24.4. The zero-order valence-corrected chi connectivity index (χ0v) is 20.2. The quantitative estimate of drug-likeness (QED) is 0.266. The number of hydrogen-bond donors (Lipinski definition) is 0. The second kappa shape index (κ2) is 7.49. The van der Waals surface area contributed by atoms with Crippen LogP contribution in [-0.2, 0) is 10.0 Å². The average molecular weight is 485 g/mol. The molecule has 168 valence electrons. The van der Waals surface area contributed by atoms with Crippen LogP contribution in [0.15, 0.2) is 96.2 Å². The second-order valence-corrected chi connectivity index (χ2v) is 10.9. The van der Waals surface area contributed by atoms with Crippen molar-refractivity contribution in [1.29, 1.82) is 0 Å². The number of halogens is 1. The predicted octanol–water partition coefficient (Wildman–Crippen LogP) is 7.22. The van der Waals surface area contributed by atoms with Crippen LogP contribution in [0.1, 0.15) is 11.1 Å². The lowest BCUT2D eigenvalue weighted by Crippen LogP contribution is -2.12. The SMILES string of the molecule is Cc1ccc(S(=O)(=O)n2c3ccccc3c3cn4cc(-c5ccc(Cl)cc5)c(C)c4cc32)cc1. The first-order valence-corrected chi connectivity index (χ1v) is 12.8. The van der Waals surface area contributed by atoms with Gasteiger partial charge in [-0.3, -0.25) is 0 Å². The molecule has 0 unspecified atom stereocenters. The summed E-state index contributed by atoms with van der Waals surface area (Å²) in [5, 5.41) is 2.48. The molecule has 6 heteroatoms. The standard InChI is InChI=1S/C28H21ClN2O2S/c1-18-7-13-22(14-8-18)34(32,33)31-26-6-4-3-5-23(26)25-17-30-16-24(19(2)27(30)15-28(25)31)20-9-11-21(29)12-10-20/h3-17H,1-2H3. The molecule has 0 amide bonds. The minimum atomic E-state index is -3.80. The maximum atomic E-state index is 13.9. The minimum absolute atomic E-state index is 0.273. The van der Waals surface area contributed by atoms with Crippen molar-refractivity contribution in [1.82, 2.24) is 8.37 Å². The number of rotatable bonds is 3. The first kappa shape index (κ1) is 21.0. The largest absolute Gasteiger partial charge is 0.322 e. The van der Waals surface area contributed by atoms with Crippen LogP contribution in [0.2, 0.25) is 5.02 Å². The molecule has 34 heavy (non-hydrogen) atoms. The van der Waals surface area contributed by atoms with Crippen molar-refractivity contribution in [3.63, 3.8) is 0 Å². The van der Waals surface area contributed by atoms with Gasteiger partial charge >= 0.3 is 0 Å². The van der Waals surface area contributed by atoms with Crippen molar-refractivity contribution >= 4 is 48.9 Å². The smallest absolute Gasteiger partial charge is 0.268 e. The molecule has 6 aromatic rings. The molecule has 0 fully saturated rings. The number of pyridine rings is 1. The van der Waals surface area contributed by atoms with Gasteiger partial charge in [-0.2, -0.15) is 0 Å². The summed E-state index contributed by atoms with van der Waals surface area (Å²) < 4.78 is 31.3. The van der Waals surface area contributed by atoms with Crippen molar-refractivity contribution < 1.29 is 8.42 Å². The van der Waals surface area contributed by atoms with Gasteiger partial charge in [-0.15, -0.1) is 0 Å². The molecule has 0 saturated carbocycles. The van der Waals surface area contributed by atoms with Crippen LogP contribution in [0.4, 0.5) is 0 Å². The van der Waals surface area contributed by atoms with Crippen LogP contribution in [-0.4, -0.2) is 16.8 Å². The lowest BCUT2D eigenvalue weighted by Gasteiger charge is -2.10. The molecule has 0 aliphatic carbocycles. The van der Waals surface area contributed by atoms with Gasteiger partial charge in [-0.25, -0.2) is 12.4 Å². The van der Waals surface area contributed by atoms with E-state index in [-0.39, 0.29) is 4.90 Å². The van der Waals surface area contributed by atoms with Gasteiger partial charge in [0.05, 0.1) is 21.4 Å². The summed E-state index contributed by atoms with van der Waals surface area (Å²) in [5.41, 5.74) is 6.53. The molecule has 0 aliphatic heterocycles. The molecule has 3 aromatic carbocycles. The molecule has 0 saturated heterocycles. The monoisotopic (exact) mass is 484 g/mol. The highest BCUT2D eigenvalue weighted by Gasteiger charge is 2.24. The van der Waals surface area contributed by atoms with Gasteiger partial charge < -0.3 is 4.40 Å². The Bertz CT molecular complexity index is 1830. The fourth-order valence-corrected chi connectivity index (χ4v) is 6.36. The Morgan fingerprint density at radius 2 is 1.44 bits per heavy atom. The first-order valence-electron chi connectivity index (χ1n) is 11.0. The molecule has 4 nitrogen and oxygen atoms in total. The van der Waals surface area contributed by atoms with Gasteiger partial charge in [0.25, 0.3) is 10.0 Å². The van der Waals surface area contributed by atoms with E-state index >= 15 is 0 Å². The topological polar surface area (TPSA) is 43.5 Å². The maximum absolute atomic E-state index is 13.9. The van der Waals surface area contributed by atoms with Gasteiger partial charge in [-0.1, -0.05) is 59.6 Å². The van der Waals surface area contributed by atoms with Crippen LogP contribution >= 0.6 is 11.6 Å². The van der Waals surface area contributed by atoms with Crippen LogP contribution in [0.3, 0.4) is 0 Å². The fourth-order valence-electron chi connectivity index (χ4n) is 4.72. The predicted molar refractivity (Wildman–Crippen MR) is 139 cm³/mol. The Labute approximate surface area is 202 Å². The van der Waals surface area contributed by atoms with E-state index in [4.69, 9.17) is 11.6 Å². The van der Waals surface area contributed by atoms with Crippen molar-refractivity contribution in [2.45, 2.75) is 18.7 Å². The number of para-hydroxylation sites is 1. The Hall–Kier alpha value is -3.54. The summed E-state index contributed by atoms with van der Waals surface area (Å²) in [6.07, 6.45) is 4.12. The van der Waals surface area contributed by atoms with E-state index in [1.165, 1.54) is 3.97 Å². The normalized spacial score (nSPS) is 12.2. The van der Waals surface area contributed by atoms with Crippen LogP contribution in [0.5, 0.6) is 0 Å². The molecule has 0 bridgehead atoms. The van der Waals surface area contributed by atoms with Crippen LogP contribution in [0, 0.1) is 13.8 Å². The van der Waals surface area contributed by atoms with E-state index in [0.29, 0.717) is 16.1 Å². The van der Waals surface area contributed by atoms with E-state index in [1.54, 1.807) is 12.1 Å². The number of fused-ring (bicyclic) bond motifs is 4. The van der Waals surface area contributed by atoms with Gasteiger partial charge in [0, 0.05) is 33.8 Å². The number of aromatic nitrogens is 2. The molecular weight excluding hydrogens is 464 g/mol. The molecule has 6 rings (SSSR count). The van der Waals surface area contributed by atoms with Gasteiger partial charge in [0.2, 0.25) is 0 Å².